The molecule has 11 heteroatoms. The number of thiazole rings is 1. The predicted octanol–water partition coefficient (Wildman–Crippen LogP) is 7.42. The molecule has 2 aromatic heterocycles. The summed E-state index contributed by atoms with van der Waals surface area (Å²) in [5, 5.41) is 9.83. The molecule has 0 unspecified atom stereocenters. The lowest BCUT2D eigenvalue weighted by Crippen LogP contribution is -2.44. The number of piperidine rings is 1. The maximum atomic E-state index is 12.6. The summed E-state index contributed by atoms with van der Waals surface area (Å²) in [4.78, 5) is 24.1. The Balaban J connectivity index is 0.00000370. The Morgan fingerprint density at radius 1 is 1.05 bits per heavy atom. The molecular weight excluding hydrogens is 605 g/mol. The second kappa shape index (κ2) is 15.1. The van der Waals surface area contributed by atoms with E-state index in [9.17, 15) is 4.79 Å². The van der Waals surface area contributed by atoms with Crippen molar-refractivity contribution in [2.75, 3.05) is 24.2 Å². The summed E-state index contributed by atoms with van der Waals surface area (Å²) >= 11 is 15.2. The molecule has 1 fully saturated rings. The predicted molar refractivity (Wildman–Crippen MR) is 170 cm³/mol. The van der Waals surface area contributed by atoms with Crippen molar-refractivity contribution in [2.45, 2.75) is 36.3 Å². The van der Waals surface area contributed by atoms with E-state index in [2.05, 4.69) is 32.7 Å². The standard InChI is InChI=1S/C29H29Cl2N5OS2.ClH/c30-25-8-7-20(14-26(25)31)17-36-12-9-22(10-13-36)34-28(37)19-39-29-35-27(18-38-29)21-4-3-6-23(15-21)33-16-24-5-1-2-11-32-24;/h1-8,11,14-15,18,22,33H,9-10,12-13,16-17,19H2,(H,34,37);1H. The van der Waals surface area contributed by atoms with Gasteiger partial charge in [-0.05, 0) is 54.8 Å². The average molecular weight is 635 g/mol. The Kier molecular flexibility index (Phi) is 11.5. The second-order valence-electron chi connectivity index (χ2n) is 9.41. The molecule has 210 valence electrons. The van der Waals surface area contributed by atoms with E-state index in [1.165, 1.54) is 11.8 Å². The number of carbonyl (C=O) groups is 1. The van der Waals surface area contributed by atoms with Gasteiger partial charge in [-0.2, -0.15) is 0 Å². The van der Waals surface area contributed by atoms with Crippen molar-refractivity contribution in [3.63, 3.8) is 0 Å². The molecule has 40 heavy (non-hydrogen) atoms. The third kappa shape index (κ3) is 8.83. The van der Waals surface area contributed by atoms with Crippen molar-refractivity contribution in [3.8, 4) is 11.3 Å². The molecule has 0 aliphatic carbocycles. The third-order valence-electron chi connectivity index (χ3n) is 6.51. The van der Waals surface area contributed by atoms with Crippen LogP contribution >= 0.6 is 58.7 Å². The van der Waals surface area contributed by atoms with Crippen molar-refractivity contribution in [3.05, 3.63) is 93.5 Å². The van der Waals surface area contributed by atoms with Gasteiger partial charge in [0.2, 0.25) is 5.91 Å². The zero-order valence-corrected chi connectivity index (χ0v) is 25.6. The third-order valence-corrected chi connectivity index (χ3v) is 9.27. The molecule has 2 aromatic carbocycles. The summed E-state index contributed by atoms with van der Waals surface area (Å²) in [6, 6.07) is 20.1. The van der Waals surface area contributed by atoms with E-state index in [0.29, 0.717) is 22.3 Å². The Bertz CT molecular complexity index is 1400. The fourth-order valence-corrected chi connectivity index (χ4v) is 6.44. The SMILES string of the molecule is Cl.O=C(CSc1nc(-c2cccc(NCc3ccccn3)c2)cs1)NC1CCN(Cc2ccc(Cl)c(Cl)c2)CC1. The Morgan fingerprint density at radius 3 is 2.67 bits per heavy atom. The van der Waals surface area contributed by atoms with Crippen LogP contribution in [0.25, 0.3) is 11.3 Å². The monoisotopic (exact) mass is 633 g/mol. The topological polar surface area (TPSA) is 70.1 Å². The molecule has 0 atom stereocenters. The van der Waals surface area contributed by atoms with Crippen LogP contribution in [0.5, 0.6) is 0 Å². The lowest BCUT2D eigenvalue weighted by molar-refractivity contribution is -0.119. The number of benzene rings is 2. The number of anilines is 1. The number of hydrogen-bond donors (Lipinski definition) is 2. The minimum atomic E-state index is 0. The lowest BCUT2D eigenvalue weighted by atomic mass is 10.0. The van der Waals surface area contributed by atoms with Gasteiger partial charge in [0.25, 0.3) is 0 Å². The summed E-state index contributed by atoms with van der Waals surface area (Å²) in [5.41, 5.74) is 5.11. The van der Waals surface area contributed by atoms with Crippen molar-refractivity contribution in [1.29, 1.82) is 0 Å². The van der Waals surface area contributed by atoms with Gasteiger partial charge in [0.05, 0.1) is 33.7 Å². The van der Waals surface area contributed by atoms with Crippen LogP contribution in [0.4, 0.5) is 5.69 Å². The van der Waals surface area contributed by atoms with Gasteiger partial charge in [-0.1, -0.05) is 59.2 Å². The van der Waals surface area contributed by atoms with Crippen LogP contribution < -0.4 is 10.6 Å². The van der Waals surface area contributed by atoms with Crippen LogP contribution in [0.1, 0.15) is 24.1 Å². The summed E-state index contributed by atoms with van der Waals surface area (Å²) in [5.74, 6) is 0.419. The molecule has 3 heterocycles. The number of hydrogen-bond acceptors (Lipinski definition) is 7. The van der Waals surface area contributed by atoms with E-state index in [1.54, 1.807) is 17.5 Å². The van der Waals surface area contributed by atoms with Crippen LogP contribution in [0.3, 0.4) is 0 Å². The van der Waals surface area contributed by atoms with Gasteiger partial charge in [-0.3, -0.25) is 14.7 Å². The molecule has 4 aromatic rings. The molecule has 1 saturated heterocycles. The van der Waals surface area contributed by atoms with Gasteiger partial charge in [-0.25, -0.2) is 4.98 Å². The van der Waals surface area contributed by atoms with Gasteiger partial charge < -0.3 is 10.6 Å². The quantitative estimate of drug-likeness (QED) is 0.177. The smallest absolute Gasteiger partial charge is 0.230 e. The maximum absolute atomic E-state index is 12.6. The fraction of sp³-hybridized carbons (Fsp3) is 0.276. The highest BCUT2D eigenvalue weighted by Crippen LogP contribution is 2.30. The van der Waals surface area contributed by atoms with Gasteiger partial charge in [0.1, 0.15) is 0 Å². The molecule has 0 radical (unpaired) electrons. The van der Waals surface area contributed by atoms with Gasteiger partial charge >= 0.3 is 0 Å². The largest absolute Gasteiger partial charge is 0.379 e. The number of carbonyl (C=O) groups excluding carboxylic acids is 1. The summed E-state index contributed by atoms with van der Waals surface area (Å²) < 4.78 is 0.892. The normalized spacial score (nSPS) is 13.9. The number of likely N-dealkylation sites (tertiary alicyclic amines) is 1. The first-order valence-corrected chi connectivity index (χ1v) is 15.4. The number of rotatable bonds is 10. The van der Waals surface area contributed by atoms with E-state index in [4.69, 9.17) is 28.2 Å². The number of thioether (sulfide) groups is 1. The van der Waals surface area contributed by atoms with E-state index in [1.807, 2.05) is 53.9 Å². The Morgan fingerprint density at radius 2 is 1.90 bits per heavy atom. The number of halogens is 3. The highest BCUT2D eigenvalue weighted by Gasteiger charge is 2.21. The van der Waals surface area contributed by atoms with E-state index in [-0.39, 0.29) is 24.4 Å². The molecule has 1 aliphatic rings. The first-order valence-electron chi connectivity index (χ1n) is 12.8. The van der Waals surface area contributed by atoms with Crippen LogP contribution in [0.15, 0.2) is 76.6 Å². The fourth-order valence-electron chi connectivity index (χ4n) is 4.47. The lowest BCUT2D eigenvalue weighted by Gasteiger charge is -2.32. The van der Waals surface area contributed by atoms with Crippen molar-refractivity contribution >= 4 is 70.3 Å². The second-order valence-corrected chi connectivity index (χ2v) is 12.3. The molecule has 1 aliphatic heterocycles. The Labute approximate surface area is 259 Å². The number of amides is 1. The molecule has 1 amide bonds. The van der Waals surface area contributed by atoms with E-state index in [0.717, 1.165) is 65.0 Å². The minimum Gasteiger partial charge on any atom is -0.379 e. The van der Waals surface area contributed by atoms with E-state index >= 15 is 0 Å². The summed E-state index contributed by atoms with van der Waals surface area (Å²) in [6.45, 7) is 3.37. The van der Waals surface area contributed by atoms with Crippen molar-refractivity contribution in [1.82, 2.24) is 20.2 Å². The zero-order valence-electron chi connectivity index (χ0n) is 21.7. The van der Waals surface area contributed by atoms with Crippen LogP contribution in [0, 0.1) is 0 Å². The molecule has 0 spiro atoms. The highest BCUT2D eigenvalue weighted by molar-refractivity contribution is 8.01. The van der Waals surface area contributed by atoms with Crippen molar-refractivity contribution < 1.29 is 4.79 Å². The molecular formula is C29H30Cl3N5OS2. The molecule has 5 rings (SSSR count). The number of pyridine rings is 1. The average Bonchev–Trinajstić information content (AvgIpc) is 3.44. The number of aromatic nitrogens is 2. The van der Waals surface area contributed by atoms with Gasteiger partial charge in [0, 0.05) is 48.5 Å². The Hall–Kier alpha value is -2.33. The van der Waals surface area contributed by atoms with Gasteiger partial charge in [0.15, 0.2) is 4.34 Å². The molecule has 6 nitrogen and oxygen atoms in total. The van der Waals surface area contributed by atoms with Crippen LogP contribution in [-0.4, -0.2) is 45.7 Å². The first kappa shape index (κ1) is 30.6. The number of nitrogens with zero attached hydrogens (tertiary/aromatic N) is 3. The highest BCUT2D eigenvalue weighted by atomic mass is 35.5. The minimum absolute atomic E-state index is 0. The van der Waals surface area contributed by atoms with E-state index < -0.39 is 0 Å². The first-order chi connectivity index (χ1) is 19.0. The summed E-state index contributed by atoms with van der Waals surface area (Å²) in [6.07, 6.45) is 3.67. The number of nitrogens with one attached hydrogen (secondary N) is 2. The zero-order chi connectivity index (χ0) is 27.0. The van der Waals surface area contributed by atoms with Crippen LogP contribution in [-0.2, 0) is 17.9 Å². The molecule has 2 N–H and O–H groups in total. The van der Waals surface area contributed by atoms with Crippen molar-refractivity contribution in [2.24, 2.45) is 0 Å². The summed E-state index contributed by atoms with van der Waals surface area (Å²) in [7, 11) is 0. The molecule has 0 bridgehead atoms. The maximum Gasteiger partial charge on any atom is 0.230 e. The molecule has 0 saturated carbocycles. The van der Waals surface area contributed by atoms with Crippen LogP contribution in [0.2, 0.25) is 10.0 Å². The van der Waals surface area contributed by atoms with Gasteiger partial charge in [-0.15, -0.1) is 23.7 Å².